The molecule has 5 nitrogen and oxygen atoms in total. The fourth-order valence-electron chi connectivity index (χ4n) is 2.63. The molecule has 2 aromatic carbocycles. The third-order valence-electron chi connectivity index (χ3n) is 4.14. The van der Waals surface area contributed by atoms with Crippen LogP contribution in [0, 0.1) is 0 Å². The quantitative estimate of drug-likeness (QED) is 0.683. The first-order valence-electron chi connectivity index (χ1n) is 9.30. The van der Waals surface area contributed by atoms with E-state index in [0.717, 1.165) is 5.56 Å². The highest BCUT2D eigenvalue weighted by Crippen LogP contribution is 2.20. The Labute approximate surface area is 181 Å². The highest BCUT2D eigenvalue weighted by atomic mass is 35.5. The second kappa shape index (κ2) is 9.99. The molecule has 0 fully saturated rings. The molecule has 1 atom stereocenters. The Morgan fingerprint density at radius 1 is 1.07 bits per heavy atom. The summed E-state index contributed by atoms with van der Waals surface area (Å²) >= 11 is 12.1. The van der Waals surface area contributed by atoms with Gasteiger partial charge >= 0.3 is 0 Å². The van der Waals surface area contributed by atoms with E-state index in [9.17, 15) is 9.59 Å². The van der Waals surface area contributed by atoms with Crippen LogP contribution in [-0.2, 0) is 16.1 Å². The van der Waals surface area contributed by atoms with E-state index in [-0.39, 0.29) is 25.0 Å². The van der Waals surface area contributed by atoms with E-state index in [1.807, 2.05) is 39.0 Å². The number of amides is 2. The third kappa shape index (κ3) is 7.26. The van der Waals surface area contributed by atoms with Gasteiger partial charge in [0.2, 0.25) is 5.91 Å². The SMILES string of the molecule is CC(C(=O)NC(C)(C)C)N(Cc1ccccc1Cl)C(=O)COc1ccc(Cl)cc1. The molecular weight excluding hydrogens is 411 g/mol. The van der Waals surface area contributed by atoms with Crippen molar-refractivity contribution in [3.8, 4) is 5.75 Å². The van der Waals surface area contributed by atoms with Crippen molar-refractivity contribution in [2.24, 2.45) is 0 Å². The lowest BCUT2D eigenvalue weighted by molar-refractivity contribution is -0.142. The first-order chi connectivity index (χ1) is 13.6. The van der Waals surface area contributed by atoms with E-state index >= 15 is 0 Å². The summed E-state index contributed by atoms with van der Waals surface area (Å²) in [5, 5.41) is 4.03. The topological polar surface area (TPSA) is 58.6 Å². The standard InChI is InChI=1S/C22H26Cl2N2O3/c1-15(21(28)25-22(2,3)4)26(13-16-7-5-6-8-19(16)24)20(27)14-29-18-11-9-17(23)10-12-18/h5-12,15H,13-14H2,1-4H3,(H,25,28). The number of hydrogen-bond donors (Lipinski definition) is 1. The molecule has 0 saturated heterocycles. The Kier molecular flexibility index (Phi) is 7.94. The van der Waals surface area contributed by atoms with E-state index in [4.69, 9.17) is 27.9 Å². The van der Waals surface area contributed by atoms with Gasteiger partial charge in [0.05, 0.1) is 0 Å². The van der Waals surface area contributed by atoms with Gasteiger partial charge < -0.3 is 15.0 Å². The number of halogens is 2. The largest absolute Gasteiger partial charge is 0.484 e. The first kappa shape index (κ1) is 23.0. The highest BCUT2D eigenvalue weighted by molar-refractivity contribution is 6.31. The molecule has 0 heterocycles. The van der Waals surface area contributed by atoms with Crippen molar-refractivity contribution in [3.05, 3.63) is 64.1 Å². The number of carbonyl (C=O) groups is 2. The molecule has 1 unspecified atom stereocenters. The van der Waals surface area contributed by atoms with Crippen molar-refractivity contribution in [1.82, 2.24) is 10.2 Å². The summed E-state index contributed by atoms with van der Waals surface area (Å²) in [7, 11) is 0. The molecule has 0 aliphatic heterocycles. The molecule has 2 aromatic rings. The van der Waals surface area contributed by atoms with Gasteiger partial charge in [-0.1, -0.05) is 41.4 Å². The predicted octanol–water partition coefficient (Wildman–Crippen LogP) is 4.70. The van der Waals surface area contributed by atoms with Crippen LogP contribution >= 0.6 is 23.2 Å². The Morgan fingerprint density at radius 2 is 1.69 bits per heavy atom. The van der Waals surface area contributed by atoms with Crippen molar-refractivity contribution in [2.45, 2.75) is 45.8 Å². The number of carbonyl (C=O) groups excluding carboxylic acids is 2. The highest BCUT2D eigenvalue weighted by Gasteiger charge is 2.29. The van der Waals surface area contributed by atoms with Gasteiger partial charge in [-0.3, -0.25) is 9.59 Å². The monoisotopic (exact) mass is 436 g/mol. The minimum absolute atomic E-state index is 0.196. The van der Waals surface area contributed by atoms with Gasteiger partial charge in [-0.2, -0.15) is 0 Å². The molecule has 0 radical (unpaired) electrons. The zero-order valence-corrected chi connectivity index (χ0v) is 18.6. The fourth-order valence-corrected chi connectivity index (χ4v) is 2.95. The maximum atomic E-state index is 13.0. The van der Waals surface area contributed by atoms with Crippen molar-refractivity contribution >= 4 is 35.0 Å². The van der Waals surface area contributed by atoms with Crippen LogP contribution in [0.5, 0.6) is 5.75 Å². The van der Waals surface area contributed by atoms with Gasteiger partial charge in [0.15, 0.2) is 6.61 Å². The number of rotatable bonds is 7. The molecule has 0 aliphatic rings. The molecule has 0 bridgehead atoms. The van der Waals surface area contributed by atoms with Gasteiger partial charge in [0, 0.05) is 22.1 Å². The van der Waals surface area contributed by atoms with Crippen molar-refractivity contribution in [3.63, 3.8) is 0 Å². The van der Waals surface area contributed by atoms with Crippen LogP contribution in [0.1, 0.15) is 33.3 Å². The summed E-state index contributed by atoms with van der Waals surface area (Å²) in [5.41, 5.74) is 0.342. The van der Waals surface area contributed by atoms with Crippen LogP contribution < -0.4 is 10.1 Å². The molecule has 29 heavy (non-hydrogen) atoms. The average Bonchev–Trinajstić information content (AvgIpc) is 2.65. The summed E-state index contributed by atoms with van der Waals surface area (Å²) in [4.78, 5) is 27.1. The van der Waals surface area contributed by atoms with Crippen LogP contribution in [0.4, 0.5) is 0 Å². The molecule has 2 rings (SSSR count). The smallest absolute Gasteiger partial charge is 0.261 e. The lowest BCUT2D eigenvalue weighted by atomic mass is 10.1. The van der Waals surface area contributed by atoms with Gasteiger partial charge in [-0.05, 0) is 63.6 Å². The second-order valence-corrected chi connectivity index (χ2v) is 8.61. The number of nitrogens with zero attached hydrogens (tertiary/aromatic N) is 1. The molecule has 2 amide bonds. The van der Waals surface area contributed by atoms with E-state index in [0.29, 0.717) is 15.8 Å². The molecule has 0 aromatic heterocycles. The van der Waals surface area contributed by atoms with Gasteiger partial charge in [-0.15, -0.1) is 0 Å². The zero-order valence-electron chi connectivity index (χ0n) is 17.0. The van der Waals surface area contributed by atoms with E-state index in [1.165, 1.54) is 4.90 Å². The van der Waals surface area contributed by atoms with E-state index in [1.54, 1.807) is 37.3 Å². The Balaban J connectivity index is 2.18. The predicted molar refractivity (Wildman–Crippen MR) is 116 cm³/mol. The number of nitrogens with one attached hydrogen (secondary N) is 1. The van der Waals surface area contributed by atoms with Gasteiger partial charge in [0.25, 0.3) is 5.91 Å². The molecule has 0 aliphatic carbocycles. The number of hydrogen-bond acceptors (Lipinski definition) is 3. The minimum atomic E-state index is -0.702. The van der Waals surface area contributed by atoms with Crippen LogP contribution in [0.15, 0.2) is 48.5 Å². The Hall–Kier alpha value is -2.24. The van der Waals surface area contributed by atoms with E-state index < -0.39 is 11.6 Å². The van der Waals surface area contributed by atoms with Crippen LogP contribution in [0.3, 0.4) is 0 Å². The fraction of sp³-hybridized carbons (Fsp3) is 0.364. The van der Waals surface area contributed by atoms with Crippen LogP contribution in [0.25, 0.3) is 0 Å². The van der Waals surface area contributed by atoms with Crippen molar-refractivity contribution in [1.29, 1.82) is 0 Å². The lowest BCUT2D eigenvalue weighted by Gasteiger charge is -2.31. The third-order valence-corrected chi connectivity index (χ3v) is 4.76. The van der Waals surface area contributed by atoms with Crippen LogP contribution in [0.2, 0.25) is 10.0 Å². The molecular formula is C22H26Cl2N2O3. The van der Waals surface area contributed by atoms with Crippen molar-refractivity contribution in [2.75, 3.05) is 6.61 Å². The minimum Gasteiger partial charge on any atom is -0.484 e. The zero-order chi connectivity index (χ0) is 21.6. The summed E-state index contributed by atoms with van der Waals surface area (Å²) < 4.78 is 5.59. The normalized spacial score (nSPS) is 12.2. The van der Waals surface area contributed by atoms with Gasteiger partial charge in [-0.25, -0.2) is 0 Å². The second-order valence-electron chi connectivity index (χ2n) is 7.77. The molecule has 0 spiro atoms. The summed E-state index contributed by atoms with van der Waals surface area (Å²) in [5.74, 6) is -0.0481. The molecule has 0 saturated carbocycles. The molecule has 156 valence electrons. The van der Waals surface area contributed by atoms with Crippen molar-refractivity contribution < 1.29 is 14.3 Å². The Bertz CT molecular complexity index is 848. The molecule has 1 N–H and O–H groups in total. The van der Waals surface area contributed by atoms with Crippen LogP contribution in [-0.4, -0.2) is 34.9 Å². The number of benzene rings is 2. The van der Waals surface area contributed by atoms with E-state index in [2.05, 4.69) is 5.32 Å². The maximum Gasteiger partial charge on any atom is 0.261 e. The number of ether oxygens (including phenoxy) is 1. The first-order valence-corrected chi connectivity index (χ1v) is 10.1. The van der Waals surface area contributed by atoms with Gasteiger partial charge in [0.1, 0.15) is 11.8 Å². The maximum absolute atomic E-state index is 13.0. The summed E-state index contributed by atoms with van der Waals surface area (Å²) in [6, 6.07) is 13.3. The summed E-state index contributed by atoms with van der Waals surface area (Å²) in [6.45, 7) is 7.35. The lowest BCUT2D eigenvalue weighted by Crippen LogP contribution is -2.53. The Morgan fingerprint density at radius 3 is 2.28 bits per heavy atom. The average molecular weight is 437 g/mol. The summed E-state index contributed by atoms with van der Waals surface area (Å²) in [6.07, 6.45) is 0. The molecule has 7 heteroatoms.